The lowest BCUT2D eigenvalue weighted by Crippen LogP contribution is -2.33. The molecule has 1 aliphatic rings. The largest absolute Gasteiger partial charge is 0.493 e. The summed E-state index contributed by atoms with van der Waals surface area (Å²) in [5.41, 5.74) is 4.26. The van der Waals surface area contributed by atoms with Gasteiger partial charge in [0.1, 0.15) is 0 Å². The number of nitrogens with zero attached hydrogens (tertiary/aromatic N) is 1. The Morgan fingerprint density at radius 3 is 2.50 bits per heavy atom. The summed E-state index contributed by atoms with van der Waals surface area (Å²) in [6.45, 7) is 0.415. The predicted octanol–water partition coefficient (Wildman–Crippen LogP) is 3.12. The molecule has 0 atom stereocenters. The number of hydrogen-bond acceptors (Lipinski definition) is 5. The fraction of sp³-hybridized carbons (Fsp3) is 0.364. The van der Waals surface area contributed by atoms with Crippen molar-refractivity contribution in [1.29, 1.82) is 0 Å². The normalized spacial score (nSPS) is 13.6. The Balaban J connectivity index is 1.62. The second kappa shape index (κ2) is 9.26. The molecule has 2 aromatic carbocycles. The highest BCUT2D eigenvalue weighted by molar-refractivity contribution is 6.45. The number of hydrogen-bond donors (Lipinski definition) is 2. The predicted molar refractivity (Wildman–Crippen MR) is 108 cm³/mol. The van der Waals surface area contributed by atoms with Gasteiger partial charge in [0.25, 0.3) is 5.91 Å². The third-order valence-corrected chi connectivity index (χ3v) is 5.08. The molecule has 6 heteroatoms. The Morgan fingerprint density at radius 2 is 1.79 bits per heavy atom. The highest BCUT2D eigenvalue weighted by atomic mass is 16.5. The van der Waals surface area contributed by atoms with Gasteiger partial charge >= 0.3 is 0 Å². The first kappa shape index (κ1) is 19.7. The van der Waals surface area contributed by atoms with Gasteiger partial charge in [-0.3, -0.25) is 4.79 Å². The van der Waals surface area contributed by atoms with Gasteiger partial charge in [-0.1, -0.05) is 23.4 Å². The van der Waals surface area contributed by atoms with Crippen molar-refractivity contribution in [3.63, 3.8) is 0 Å². The minimum absolute atomic E-state index is 0.0423. The zero-order valence-corrected chi connectivity index (χ0v) is 16.3. The summed E-state index contributed by atoms with van der Waals surface area (Å²) in [6, 6.07) is 11.5. The molecule has 1 amide bonds. The number of methoxy groups -OCH3 is 2. The van der Waals surface area contributed by atoms with E-state index in [1.807, 2.05) is 36.4 Å². The summed E-state index contributed by atoms with van der Waals surface area (Å²) in [5, 5.41) is 15.5. The van der Waals surface area contributed by atoms with E-state index >= 15 is 0 Å². The molecule has 6 nitrogen and oxygen atoms in total. The van der Waals surface area contributed by atoms with E-state index < -0.39 is 5.91 Å². The number of aryl methyl sites for hydroxylation is 2. The van der Waals surface area contributed by atoms with Crippen LogP contribution in [0, 0.1) is 0 Å². The third kappa shape index (κ3) is 4.44. The van der Waals surface area contributed by atoms with Crippen LogP contribution in [0.25, 0.3) is 0 Å². The molecule has 0 saturated heterocycles. The van der Waals surface area contributed by atoms with Crippen molar-refractivity contribution in [1.82, 2.24) is 5.32 Å². The number of carbonyl (C=O) groups is 1. The summed E-state index contributed by atoms with van der Waals surface area (Å²) >= 11 is 0. The smallest absolute Gasteiger partial charge is 0.273 e. The Bertz CT molecular complexity index is 877. The van der Waals surface area contributed by atoms with Gasteiger partial charge in [0, 0.05) is 12.1 Å². The van der Waals surface area contributed by atoms with Crippen LogP contribution in [0.2, 0.25) is 0 Å². The lowest BCUT2D eigenvalue weighted by Gasteiger charge is -2.16. The first-order valence-corrected chi connectivity index (χ1v) is 9.49. The van der Waals surface area contributed by atoms with Crippen molar-refractivity contribution in [3.8, 4) is 11.5 Å². The molecule has 1 aliphatic carbocycles. The zero-order valence-electron chi connectivity index (χ0n) is 16.3. The van der Waals surface area contributed by atoms with Crippen LogP contribution in [0.4, 0.5) is 0 Å². The monoisotopic (exact) mass is 382 g/mol. The average Bonchev–Trinajstić information content (AvgIpc) is 2.74. The van der Waals surface area contributed by atoms with Crippen molar-refractivity contribution in [2.75, 3.05) is 20.8 Å². The van der Waals surface area contributed by atoms with Gasteiger partial charge in [0.05, 0.1) is 14.2 Å². The summed E-state index contributed by atoms with van der Waals surface area (Å²) in [6.07, 6.45) is 5.04. The van der Waals surface area contributed by atoms with Crippen molar-refractivity contribution >= 4 is 11.6 Å². The van der Waals surface area contributed by atoms with Gasteiger partial charge in [0.2, 0.25) is 0 Å². The van der Waals surface area contributed by atoms with E-state index in [9.17, 15) is 10.0 Å². The van der Waals surface area contributed by atoms with Gasteiger partial charge in [-0.2, -0.15) is 0 Å². The Kier molecular flexibility index (Phi) is 6.53. The van der Waals surface area contributed by atoms with E-state index in [0.717, 1.165) is 24.8 Å². The van der Waals surface area contributed by atoms with Gasteiger partial charge in [-0.05, 0) is 67.0 Å². The van der Waals surface area contributed by atoms with Crippen molar-refractivity contribution in [2.45, 2.75) is 32.1 Å². The topological polar surface area (TPSA) is 80.2 Å². The Labute approximate surface area is 165 Å². The molecule has 2 N–H and O–H groups in total. The minimum atomic E-state index is -0.390. The molecule has 0 aliphatic heterocycles. The number of fused-ring (bicyclic) bond motifs is 1. The molecular weight excluding hydrogens is 356 g/mol. The van der Waals surface area contributed by atoms with Crippen LogP contribution in [-0.2, 0) is 24.1 Å². The fourth-order valence-corrected chi connectivity index (χ4v) is 3.56. The zero-order chi connectivity index (χ0) is 19.9. The minimum Gasteiger partial charge on any atom is -0.493 e. The molecule has 0 heterocycles. The average molecular weight is 382 g/mol. The van der Waals surface area contributed by atoms with Crippen molar-refractivity contribution in [2.24, 2.45) is 5.16 Å². The van der Waals surface area contributed by atoms with Crippen LogP contribution in [-0.4, -0.2) is 37.6 Å². The standard InChI is InChI=1S/C22H26N2O4/c1-27-19-10-7-15(13-20(19)28-2)11-12-23-22(25)21(24-26)18-9-8-16-5-3-4-6-17(16)14-18/h7-10,13-14,26H,3-6,11-12H2,1-2H3,(H,23,25)/b24-21-. The Morgan fingerprint density at radius 1 is 1.04 bits per heavy atom. The van der Waals surface area contributed by atoms with Crippen LogP contribution in [0.5, 0.6) is 11.5 Å². The molecule has 3 rings (SSSR count). The van der Waals surface area contributed by atoms with E-state index in [1.54, 1.807) is 14.2 Å². The molecule has 0 unspecified atom stereocenters. The van der Waals surface area contributed by atoms with Crippen LogP contribution in [0.3, 0.4) is 0 Å². The molecule has 0 saturated carbocycles. The SMILES string of the molecule is COc1ccc(CCNC(=O)/C(=N\O)c2ccc3c(c2)CCCC3)cc1OC. The molecule has 0 radical (unpaired) electrons. The molecule has 0 bridgehead atoms. The summed E-state index contributed by atoms with van der Waals surface area (Å²) < 4.78 is 10.5. The number of benzene rings is 2. The number of amides is 1. The molecule has 0 fully saturated rings. The van der Waals surface area contributed by atoms with E-state index in [1.165, 1.54) is 17.5 Å². The first-order valence-electron chi connectivity index (χ1n) is 9.49. The van der Waals surface area contributed by atoms with Crippen LogP contribution in [0.15, 0.2) is 41.6 Å². The molecule has 0 spiro atoms. The van der Waals surface area contributed by atoms with Crippen molar-refractivity contribution < 1.29 is 19.5 Å². The summed E-state index contributed by atoms with van der Waals surface area (Å²) in [7, 11) is 3.18. The van der Waals surface area contributed by atoms with Gasteiger partial charge in [-0.15, -0.1) is 0 Å². The number of oxime groups is 1. The quantitative estimate of drug-likeness (QED) is 0.438. The maximum atomic E-state index is 12.5. The second-order valence-corrected chi connectivity index (χ2v) is 6.83. The van der Waals surface area contributed by atoms with Gasteiger partial charge in [0.15, 0.2) is 17.2 Å². The van der Waals surface area contributed by atoms with Crippen LogP contribution in [0.1, 0.15) is 35.1 Å². The highest BCUT2D eigenvalue weighted by Crippen LogP contribution is 2.27. The third-order valence-electron chi connectivity index (χ3n) is 5.08. The van der Waals surface area contributed by atoms with Crippen LogP contribution >= 0.6 is 0 Å². The number of carbonyl (C=O) groups excluding carboxylic acids is 1. The molecule has 0 aromatic heterocycles. The van der Waals surface area contributed by atoms with Crippen LogP contribution < -0.4 is 14.8 Å². The van der Waals surface area contributed by atoms with Crippen molar-refractivity contribution in [3.05, 3.63) is 58.7 Å². The summed E-state index contributed by atoms with van der Waals surface area (Å²) in [5.74, 6) is 0.925. The fourth-order valence-electron chi connectivity index (χ4n) is 3.56. The summed E-state index contributed by atoms with van der Waals surface area (Å²) in [4.78, 5) is 12.5. The first-order chi connectivity index (χ1) is 13.7. The highest BCUT2D eigenvalue weighted by Gasteiger charge is 2.17. The second-order valence-electron chi connectivity index (χ2n) is 6.83. The van der Waals surface area contributed by atoms with Gasteiger partial charge < -0.3 is 20.0 Å². The van der Waals surface area contributed by atoms with Gasteiger partial charge in [-0.25, -0.2) is 0 Å². The molecular formula is C22H26N2O4. The maximum absolute atomic E-state index is 12.5. The maximum Gasteiger partial charge on any atom is 0.273 e. The number of rotatable bonds is 7. The lowest BCUT2D eigenvalue weighted by molar-refractivity contribution is -0.114. The molecule has 2 aromatic rings. The lowest BCUT2D eigenvalue weighted by atomic mass is 9.89. The number of ether oxygens (including phenoxy) is 2. The van der Waals surface area contributed by atoms with E-state index in [0.29, 0.717) is 30.0 Å². The Hall–Kier alpha value is -3.02. The number of nitrogens with one attached hydrogen (secondary N) is 1. The van der Waals surface area contributed by atoms with E-state index in [2.05, 4.69) is 10.5 Å². The van der Waals surface area contributed by atoms with E-state index in [-0.39, 0.29) is 5.71 Å². The molecule has 148 valence electrons. The molecule has 28 heavy (non-hydrogen) atoms. The van der Waals surface area contributed by atoms with E-state index in [4.69, 9.17) is 9.47 Å².